The van der Waals surface area contributed by atoms with E-state index < -0.39 is 0 Å². The minimum absolute atomic E-state index is 0.627. The monoisotopic (exact) mass is 195 g/mol. The molecule has 5 heteroatoms. The van der Waals surface area contributed by atoms with Gasteiger partial charge in [-0.1, -0.05) is 0 Å². The van der Waals surface area contributed by atoms with Crippen molar-refractivity contribution in [1.82, 2.24) is 9.97 Å². The molecule has 4 nitrogen and oxygen atoms in total. The zero-order valence-electron chi connectivity index (χ0n) is 6.93. The van der Waals surface area contributed by atoms with Crippen LogP contribution in [0.1, 0.15) is 5.69 Å². The Morgan fingerprint density at radius 3 is 3.15 bits per heavy atom. The lowest BCUT2D eigenvalue weighted by atomic mass is 10.3. The number of hydrogen-bond donors (Lipinski definition) is 1. The summed E-state index contributed by atoms with van der Waals surface area (Å²) in [4.78, 5) is 8.37. The number of nitrogens with two attached hydrogens (primary N) is 1. The van der Waals surface area contributed by atoms with Gasteiger partial charge in [-0.15, -0.1) is 11.3 Å². The maximum Gasteiger partial charge on any atom is 0.181 e. The van der Waals surface area contributed by atoms with Crippen LogP contribution in [0.25, 0.3) is 10.7 Å². The molecule has 0 saturated heterocycles. The standard InChI is InChI=1S/C8H9N3OS/c9-2-1-6-4-13-8(11-6)7-3-12-5-10-7/h3-5H,1-2,9H2. The first kappa shape index (κ1) is 8.40. The molecule has 0 atom stereocenters. The maximum atomic E-state index is 5.42. The number of nitrogens with zero attached hydrogens (tertiary/aromatic N) is 2. The smallest absolute Gasteiger partial charge is 0.181 e. The zero-order chi connectivity index (χ0) is 9.10. The molecule has 0 amide bonds. The van der Waals surface area contributed by atoms with Gasteiger partial charge < -0.3 is 10.2 Å². The Balaban J connectivity index is 2.23. The van der Waals surface area contributed by atoms with Gasteiger partial charge >= 0.3 is 0 Å². The molecule has 0 fully saturated rings. The van der Waals surface area contributed by atoms with Crippen LogP contribution in [0.3, 0.4) is 0 Å². The molecule has 0 saturated carbocycles. The first-order valence-electron chi connectivity index (χ1n) is 3.93. The summed E-state index contributed by atoms with van der Waals surface area (Å²) in [6.45, 7) is 0.627. The maximum absolute atomic E-state index is 5.42. The fourth-order valence-electron chi connectivity index (χ4n) is 1.01. The van der Waals surface area contributed by atoms with Crippen LogP contribution in [0, 0.1) is 0 Å². The molecular formula is C8H9N3OS. The molecule has 0 bridgehead atoms. The average molecular weight is 195 g/mol. The molecule has 2 aromatic rings. The molecule has 68 valence electrons. The van der Waals surface area contributed by atoms with Crippen molar-refractivity contribution in [1.29, 1.82) is 0 Å². The van der Waals surface area contributed by atoms with Crippen molar-refractivity contribution >= 4 is 11.3 Å². The van der Waals surface area contributed by atoms with Crippen molar-refractivity contribution in [3.05, 3.63) is 23.7 Å². The lowest BCUT2D eigenvalue weighted by molar-refractivity contribution is 0.558. The van der Waals surface area contributed by atoms with E-state index in [0.29, 0.717) is 6.54 Å². The summed E-state index contributed by atoms with van der Waals surface area (Å²) < 4.78 is 4.87. The highest BCUT2D eigenvalue weighted by Gasteiger charge is 2.05. The van der Waals surface area contributed by atoms with Gasteiger partial charge in [0.2, 0.25) is 0 Å². The topological polar surface area (TPSA) is 64.9 Å². The van der Waals surface area contributed by atoms with Crippen LogP contribution in [0.5, 0.6) is 0 Å². The third-order valence-corrected chi connectivity index (χ3v) is 2.52. The highest BCUT2D eigenvalue weighted by atomic mass is 32.1. The molecule has 2 heterocycles. The lowest BCUT2D eigenvalue weighted by Gasteiger charge is -1.88. The van der Waals surface area contributed by atoms with E-state index in [9.17, 15) is 0 Å². The molecule has 2 rings (SSSR count). The molecular weight excluding hydrogens is 186 g/mol. The highest BCUT2D eigenvalue weighted by Crippen LogP contribution is 2.21. The molecule has 2 aromatic heterocycles. The van der Waals surface area contributed by atoms with Crippen molar-refractivity contribution in [3.63, 3.8) is 0 Å². The van der Waals surface area contributed by atoms with Crippen molar-refractivity contribution in [2.24, 2.45) is 5.73 Å². The van der Waals surface area contributed by atoms with Crippen LogP contribution in [-0.4, -0.2) is 16.5 Å². The van der Waals surface area contributed by atoms with Crippen LogP contribution in [-0.2, 0) is 6.42 Å². The van der Waals surface area contributed by atoms with Gasteiger partial charge in [0.05, 0.1) is 5.69 Å². The number of rotatable bonds is 3. The molecule has 0 aliphatic carbocycles. The summed E-state index contributed by atoms with van der Waals surface area (Å²) in [6.07, 6.45) is 3.80. The summed E-state index contributed by atoms with van der Waals surface area (Å²) in [5, 5.41) is 2.88. The largest absolute Gasteiger partial charge is 0.451 e. The number of thiazole rings is 1. The molecule has 0 aliphatic heterocycles. The number of hydrogen-bond acceptors (Lipinski definition) is 5. The fraction of sp³-hybridized carbons (Fsp3) is 0.250. The van der Waals surface area contributed by atoms with E-state index in [1.165, 1.54) is 6.39 Å². The van der Waals surface area contributed by atoms with E-state index in [4.69, 9.17) is 10.2 Å². The molecule has 0 radical (unpaired) electrons. The number of oxazole rings is 1. The van der Waals surface area contributed by atoms with Gasteiger partial charge in [-0.3, -0.25) is 0 Å². The summed E-state index contributed by atoms with van der Waals surface area (Å²) in [6, 6.07) is 0. The molecule has 13 heavy (non-hydrogen) atoms. The lowest BCUT2D eigenvalue weighted by Crippen LogP contribution is -2.02. The van der Waals surface area contributed by atoms with E-state index in [-0.39, 0.29) is 0 Å². The summed E-state index contributed by atoms with van der Waals surface area (Å²) in [5.74, 6) is 0. The minimum Gasteiger partial charge on any atom is -0.451 e. The summed E-state index contributed by atoms with van der Waals surface area (Å²) in [5.41, 5.74) is 7.22. The van der Waals surface area contributed by atoms with Crippen molar-refractivity contribution in [2.45, 2.75) is 6.42 Å². The Labute approximate surface area is 79.4 Å². The third kappa shape index (κ3) is 1.76. The van der Waals surface area contributed by atoms with Gasteiger partial charge in [0.1, 0.15) is 17.0 Å². The Hall–Kier alpha value is -1.20. The first-order valence-corrected chi connectivity index (χ1v) is 4.81. The second-order valence-electron chi connectivity index (χ2n) is 2.56. The second kappa shape index (κ2) is 3.68. The normalized spacial score (nSPS) is 10.5. The predicted octanol–water partition coefficient (Wildman–Crippen LogP) is 1.30. The summed E-state index contributed by atoms with van der Waals surface area (Å²) in [7, 11) is 0. The SMILES string of the molecule is NCCc1csc(-c2cocn2)n1. The van der Waals surface area contributed by atoms with Gasteiger partial charge in [-0.05, 0) is 6.54 Å². The van der Waals surface area contributed by atoms with Crippen LogP contribution in [0.15, 0.2) is 22.5 Å². The van der Waals surface area contributed by atoms with Gasteiger partial charge in [-0.25, -0.2) is 9.97 Å². The fourth-order valence-corrected chi connectivity index (χ4v) is 1.82. The van der Waals surface area contributed by atoms with Crippen LogP contribution < -0.4 is 5.73 Å². The van der Waals surface area contributed by atoms with E-state index >= 15 is 0 Å². The first-order chi connectivity index (χ1) is 6.40. The molecule has 0 unspecified atom stereocenters. The summed E-state index contributed by atoms with van der Waals surface area (Å²) >= 11 is 1.56. The Kier molecular flexibility index (Phi) is 2.37. The predicted molar refractivity (Wildman–Crippen MR) is 50.4 cm³/mol. The average Bonchev–Trinajstić information content (AvgIpc) is 2.70. The van der Waals surface area contributed by atoms with E-state index in [1.54, 1.807) is 17.6 Å². The van der Waals surface area contributed by atoms with Crippen molar-refractivity contribution < 1.29 is 4.42 Å². The van der Waals surface area contributed by atoms with Crippen LogP contribution in [0.4, 0.5) is 0 Å². The third-order valence-electron chi connectivity index (χ3n) is 1.60. The van der Waals surface area contributed by atoms with Gasteiger partial charge in [-0.2, -0.15) is 0 Å². The molecule has 0 aromatic carbocycles. The number of aromatic nitrogens is 2. The molecule has 0 spiro atoms. The zero-order valence-corrected chi connectivity index (χ0v) is 7.75. The van der Waals surface area contributed by atoms with Gasteiger partial charge in [0.15, 0.2) is 6.39 Å². The van der Waals surface area contributed by atoms with E-state index in [1.807, 2.05) is 5.38 Å². The molecule has 2 N–H and O–H groups in total. The van der Waals surface area contributed by atoms with E-state index in [0.717, 1.165) is 22.8 Å². The quantitative estimate of drug-likeness (QED) is 0.801. The van der Waals surface area contributed by atoms with Crippen molar-refractivity contribution in [3.8, 4) is 10.7 Å². The Bertz CT molecular complexity index is 368. The second-order valence-corrected chi connectivity index (χ2v) is 3.41. The minimum atomic E-state index is 0.627. The van der Waals surface area contributed by atoms with Gasteiger partial charge in [0, 0.05) is 11.8 Å². The highest BCUT2D eigenvalue weighted by molar-refractivity contribution is 7.13. The van der Waals surface area contributed by atoms with Crippen LogP contribution in [0.2, 0.25) is 0 Å². The Morgan fingerprint density at radius 2 is 2.46 bits per heavy atom. The van der Waals surface area contributed by atoms with Gasteiger partial charge in [0.25, 0.3) is 0 Å². The van der Waals surface area contributed by atoms with Crippen molar-refractivity contribution in [2.75, 3.05) is 6.54 Å². The van der Waals surface area contributed by atoms with E-state index in [2.05, 4.69) is 9.97 Å². The molecule has 0 aliphatic rings. The van der Waals surface area contributed by atoms with Crippen LogP contribution >= 0.6 is 11.3 Å². The Morgan fingerprint density at radius 1 is 1.54 bits per heavy atom.